The minimum atomic E-state index is -3.64. The summed E-state index contributed by atoms with van der Waals surface area (Å²) in [7, 11) is -3.64. The molecular weight excluding hydrogens is 390 g/mol. The first kappa shape index (κ1) is 21.0. The number of nitrogens with one attached hydrogen (secondary N) is 2. The number of aromatic nitrogens is 2. The smallest absolute Gasteiger partial charge is 0.263 e. The van der Waals surface area contributed by atoms with E-state index in [0.717, 1.165) is 6.42 Å². The molecule has 1 aliphatic heterocycles. The number of nitrogens with zero attached hydrogens (tertiary/aromatic N) is 3. The van der Waals surface area contributed by atoms with Crippen LogP contribution in [0, 0.1) is 11.8 Å². The highest BCUT2D eigenvalue weighted by atomic mass is 32.2. The summed E-state index contributed by atoms with van der Waals surface area (Å²) in [6.45, 7) is 7.14. The maximum absolute atomic E-state index is 12.9. The van der Waals surface area contributed by atoms with Gasteiger partial charge in [0.05, 0.1) is 4.90 Å². The predicted molar refractivity (Wildman–Crippen MR) is 111 cm³/mol. The third-order valence-electron chi connectivity index (χ3n) is 5.07. The van der Waals surface area contributed by atoms with Crippen LogP contribution in [0.25, 0.3) is 0 Å². The summed E-state index contributed by atoms with van der Waals surface area (Å²) in [6, 6.07) is 7.84. The molecule has 0 aliphatic carbocycles. The molecule has 2 aromatic rings. The van der Waals surface area contributed by atoms with Crippen molar-refractivity contribution in [1.82, 2.24) is 19.8 Å². The first-order valence-electron chi connectivity index (χ1n) is 9.77. The average Bonchev–Trinajstić information content (AvgIpc) is 3.30. The van der Waals surface area contributed by atoms with Crippen LogP contribution in [0.15, 0.2) is 52.6 Å². The number of rotatable bonds is 8. The Bertz CT molecular complexity index is 985. The first-order valence-corrected chi connectivity index (χ1v) is 11.2. The average molecular weight is 418 g/mol. The van der Waals surface area contributed by atoms with Gasteiger partial charge >= 0.3 is 0 Å². The largest absolute Gasteiger partial charge is 0.354 e. The van der Waals surface area contributed by atoms with Crippen LogP contribution in [-0.4, -0.2) is 42.5 Å². The Labute approximate surface area is 171 Å². The van der Waals surface area contributed by atoms with Crippen molar-refractivity contribution in [3.63, 3.8) is 0 Å². The van der Waals surface area contributed by atoms with Gasteiger partial charge in [-0.05, 0) is 30.0 Å². The summed E-state index contributed by atoms with van der Waals surface area (Å²) in [6.07, 6.45) is 4.35. The van der Waals surface area contributed by atoms with Gasteiger partial charge in [0, 0.05) is 31.0 Å². The van der Waals surface area contributed by atoms with Crippen molar-refractivity contribution >= 4 is 21.8 Å². The van der Waals surface area contributed by atoms with Gasteiger partial charge in [-0.3, -0.25) is 19.2 Å². The van der Waals surface area contributed by atoms with Gasteiger partial charge in [-0.15, -0.1) is 0 Å². The minimum Gasteiger partial charge on any atom is -0.354 e. The first-order chi connectivity index (χ1) is 13.8. The highest BCUT2D eigenvalue weighted by Gasteiger charge is 2.33. The zero-order valence-electron chi connectivity index (χ0n) is 16.9. The molecule has 8 nitrogen and oxygen atoms in total. The van der Waals surface area contributed by atoms with Crippen molar-refractivity contribution in [3.8, 4) is 0 Å². The van der Waals surface area contributed by atoms with E-state index in [2.05, 4.69) is 20.1 Å². The second-order valence-electron chi connectivity index (χ2n) is 7.49. The van der Waals surface area contributed by atoms with Crippen molar-refractivity contribution in [1.29, 1.82) is 0 Å². The van der Waals surface area contributed by atoms with E-state index in [9.17, 15) is 13.2 Å². The Balaban J connectivity index is 1.75. The number of aliphatic imine (C=N–C) groups is 1. The molecule has 2 N–H and O–H groups in total. The van der Waals surface area contributed by atoms with Crippen LogP contribution in [0.5, 0.6) is 0 Å². The van der Waals surface area contributed by atoms with E-state index in [1.165, 1.54) is 6.07 Å². The number of carbonyl (C=O) groups excluding carboxylic acids is 1. The Kier molecular flexibility index (Phi) is 6.36. The molecule has 0 saturated heterocycles. The van der Waals surface area contributed by atoms with Crippen molar-refractivity contribution in [2.75, 3.05) is 6.54 Å². The number of sulfonamides is 1. The molecule has 0 fully saturated rings. The summed E-state index contributed by atoms with van der Waals surface area (Å²) in [5, 5.41) is 7.14. The second kappa shape index (κ2) is 8.77. The maximum atomic E-state index is 12.9. The van der Waals surface area contributed by atoms with Crippen LogP contribution in [0.2, 0.25) is 0 Å². The zero-order valence-corrected chi connectivity index (χ0v) is 17.7. The van der Waals surface area contributed by atoms with Crippen LogP contribution < -0.4 is 10.0 Å². The predicted octanol–water partition coefficient (Wildman–Crippen LogP) is 1.79. The number of benzene rings is 1. The Morgan fingerprint density at radius 2 is 2.03 bits per heavy atom. The molecule has 0 radical (unpaired) electrons. The quantitative estimate of drug-likeness (QED) is 0.683. The summed E-state index contributed by atoms with van der Waals surface area (Å²) >= 11 is 0. The molecule has 9 heteroatoms. The SMILES string of the molecule is CC[C@H](C)[C@H](N=C1NS(=O)(=O)c2ccccc21)C(=O)NCC(C)Cn1cccn1. The fourth-order valence-electron chi connectivity index (χ4n) is 3.21. The number of fused-ring (bicyclic) bond motifs is 1. The number of hydrogen-bond acceptors (Lipinski definition) is 5. The highest BCUT2D eigenvalue weighted by Crippen LogP contribution is 2.24. The molecule has 1 amide bonds. The lowest BCUT2D eigenvalue weighted by atomic mass is 9.98. The van der Waals surface area contributed by atoms with Crippen molar-refractivity contribution in [2.24, 2.45) is 16.8 Å². The molecule has 3 atom stereocenters. The van der Waals surface area contributed by atoms with Crippen LogP contribution in [0.4, 0.5) is 0 Å². The molecule has 0 spiro atoms. The lowest BCUT2D eigenvalue weighted by molar-refractivity contribution is -0.123. The fraction of sp³-hybridized carbons (Fsp3) is 0.450. The number of carbonyl (C=O) groups is 1. The van der Waals surface area contributed by atoms with Crippen molar-refractivity contribution in [2.45, 2.75) is 44.7 Å². The van der Waals surface area contributed by atoms with Crippen LogP contribution in [-0.2, 0) is 21.4 Å². The third-order valence-corrected chi connectivity index (χ3v) is 6.46. The molecule has 156 valence electrons. The lowest BCUT2D eigenvalue weighted by Crippen LogP contribution is -2.41. The van der Waals surface area contributed by atoms with E-state index in [1.54, 1.807) is 24.4 Å². The number of amides is 1. The van der Waals surface area contributed by atoms with E-state index in [0.29, 0.717) is 18.7 Å². The standard InChI is InChI=1S/C20H27N5O3S/c1-4-15(3)18(20(26)21-12-14(2)13-25-11-7-10-22-25)23-19-16-8-5-6-9-17(16)29(27,28)24-19/h5-11,14-15,18H,4,12-13H2,1-3H3,(H,21,26)(H,23,24)/t14?,15-,18-/m0/s1. The third kappa shape index (κ3) is 4.84. The van der Waals surface area contributed by atoms with E-state index in [4.69, 9.17) is 0 Å². The van der Waals surface area contributed by atoms with E-state index >= 15 is 0 Å². The van der Waals surface area contributed by atoms with Crippen LogP contribution >= 0.6 is 0 Å². The van der Waals surface area contributed by atoms with Gasteiger partial charge < -0.3 is 5.32 Å². The van der Waals surface area contributed by atoms with Crippen LogP contribution in [0.1, 0.15) is 32.8 Å². The molecule has 29 heavy (non-hydrogen) atoms. The van der Waals surface area contributed by atoms with Gasteiger partial charge in [-0.1, -0.05) is 39.3 Å². The molecular formula is C20H27N5O3S. The molecule has 2 heterocycles. The fourth-order valence-corrected chi connectivity index (χ4v) is 4.45. The summed E-state index contributed by atoms with van der Waals surface area (Å²) in [5.41, 5.74) is 0.501. The topological polar surface area (TPSA) is 105 Å². The Morgan fingerprint density at radius 3 is 2.72 bits per heavy atom. The van der Waals surface area contributed by atoms with Gasteiger partial charge in [0.25, 0.3) is 10.0 Å². The Hall–Kier alpha value is -2.68. The molecule has 0 saturated carbocycles. The zero-order chi connectivity index (χ0) is 21.0. The van der Waals surface area contributed by atoms with Gasteiger partial charge in [-0.25, -0.2) is 8.42 Å². The normalized spacial score (nSPS) is 19.2. The van der Waals surface area contributed by atoms with E-state index < -0.39 is 16.1 Å². The Morgan fingerprint density at radius 1 is 1.28 bits per heavy atom. The molecule has 1 aromatic heterocycles. The highest BCUT2D eigenvalue weighted by molar-refractivity contribution is 7.90. The summed E-state index contributed by atoms with van der Waals surface area (Å²) in [5.74, 6) is 0.171. The minimum absolute atomic E-state index is 0.0406. The van der Waals surface area contributed by atoms with Gasteiger partial charge in [0.2, 0.25) is 5.91 Å². The van der Waals surface area contributed by atoms with Gasteiger partial charge in [0.1, 0.15) is 11.9 Å². The monoisotopic (exact) mass is 417 g/mol. The molecule has 0 bridgehead atoms. The molecule has 1 aliphatic rings. The van der Waals surface area contributed by atoms with Crippen molar-refractivity contribution < 1.29 is 13.2 Å². The number of hydrogen-bond donors (Lipinski definition) is 2. The van der Waals surface area contributed by atoms with E-state index in [-0.39, 0.29) is 28.5 Å². The van der Waals surface area contributed by atoms with E-state index in [1.807, 2.05) is 37.7 Å². The summed E-state index contributed by atoms with van der Waals surface area (Å²) < 4.78 is 29.0. The molecule has 3 rings (SSSR count). The number of amidine groups is 1. The molecule has 1 aromatic carbocycles. The van der Waals surface area contributed by atoms with Gasteiger partial charge in [0.15, 0.2) is 0 Å². The van der Waals surface area contributed by atoms with Gasteiger partial charge in [-0.2, -0.15) is 5.10 Å². The summed E-state index contributed by atoms with van der Waals surface area (Å²) in [4.78, 5) is 17.6. The second-order valence-corrected chi connectivity index (χ2v) is 9.14. The van der Waals surface area contributed by atoms with Crippen molar-refractivity contribution in [3.05, 3.63) is 48.3 Å². The maximum Gasteiger partial charge on any atom is 0.263 e. The van der Waals surface area contributed by atoms with Crippen LogP contribution in [0.3, 0.4) is 0 Å². The molecule has 1 unspecified atom stereocenters. The lowest BCUT2D eigenvalue weighted by Gasteiger charge is -2.21.